The molecule has 1 N–H and O–H groups in total. The van der Waals surface area contributed by atoms with Gasteiger partial charge in [-0.15, -0.1) is 0 Å². The van der Waals surface area contributed by atoms with Crippen molar-refractivity contribution in [1.82, 2.24) is 0 Å². The van der Waals surface area contributed by atoms with Gasteiger partial charge in [0.05, 0.1) is 25.7 Å². The molecule has 0 heterocycles. The number of benzene rings is 1. The summed E-state index contributed by atoms with van der Waals surface area (Å²) in [6.45, 7) is 1.39. The molecule has 0 spiro atoms. The molecule has 0 aliphatic heterocycles. The number of ketones is 1. The Morgan fingerprint density at radius 2 is 1.71 bits per heavy atom. The lowest BCUT2D eigenvalue weighted by atomic mass is 9.62. The van der Waals surface area contributed by atoms with Gasteiger partial charge in [-0.3, -0.25) is 14.4 Å². The fourth-order valence-corrected chi connectivity index (χ4v) is 3.48. The summed E-state index contributed by atoms with van der Waals surface area (Å²) in [6.07, 6.45) is -0.337. The zero-order valence-corrected chi connectivity index (χ0v) is 14.4. The van der Waals surface area contributed by atoms with E-state index in [1.165, 1.54) is 21.1 Å². The predicted molar refractivity (Wildman–Crippen MR) is 85.5 cm³/mol. The third kappa shape index (κ3) is 3.30. The van der Waals surface area contributed by atoms with Crippen molar-refractivity contribution in [2.45, 2.75) is 24.9 Å². The van der Waals surface area contributed by atoms with E-state index in [0.717, 1.165) is 0 Å². The van der Waals surface area contributed by atoms with Crippen LogP contribution in [-0.4, -0.2) is 42.6 Å². The fraction of sp³-hybridized carbons (Fsp3) is 0.471. The Bertz CT molecular complexity index is 652. The van der Waals surface area contributed by atoms with Gasteiger partial charge in [-0.25, -0.2) is 0 Å². The van der Waals surface area contributed by atoms with Gasteiger partial charge in [-0.05, 0) is 24.6 Å². The molecule has 1 aromatic rings. The summed E-state index contributed by atoms with van der Waals surface area (Å²) in [6, 6.07) is 6.42. The molecular weight excluding hydrogens is 336 g/mol. The predicted octanol–water partition coefficient (Wildman–Crippen LogP) is 1.73. The van der Waals surface area contributed by atoms with E-state index in [1.54, 1.807) is 24.3 Å². The fourth-order valence-electron chi connectivity index (χ4n) is 3.35. The normalized spacial score (nSPS) is 29.9. The first kappa shape index (κ1) is 18.4. The third-order valence-corrected chi connectivity index (χ3v) is 4.68. The summed E-state index contributed by atoms with van der Waals surface area (Å²) in [7, 11) is 2.37. The molecule has 1 fully saturated rings. The Balaban J connectivity index is 2.63. The van der Waals surface area contributed by atoms with Gasteiger partial charge in [0.15, 0.2) is 5.78 Å². The molecule has 2 rings (SSSR count). The SMILES string of the molecule is COC(=O)[C@H]1C(=O)C[C@@](C)(O)[C@@H](C(=O)OC)[C@@H]1c1ccc(Cl)cc1. The average molecular weight is 355 g/mol. The highest BCUT2D eigenvalue weighted by Crippen LogP contribution is 2.46. The minimum absolute atomic E-state index is 0.337. The number of esters is 2. The number of methoxy groups -OCH3 is 2. The van der Waals surface area contributed by atoms with Crippen molar-refractivity contribution in [3.05, 3.63) is 34.9 Å². The van der Waals surface area contributed by atoms with Gasteiger partial charge in [0.25, 0.3) is 0 Å². The Morgan fingerprint density at radius 1 is 1.17 bits per heavy atom. The van der Waals surface area contributed by atoms with Gasteiger partial charge in [0.1, 0.15) is 5.92 Å². The van der Waals surface area contributed by atoms with Crippen LogP contribution in [0.25, 0.3) is 0 Å². The average Bonchev–Trinajstić information content (AvgIpc) is 2.53. The third-order valence-electron chi connectivity index (χ3n) is 4.43. The lowest BCUT2D eigenvalue weighted by Gasteiger charge is -2.43. The summed E-state index contributed by atoms with van der Waals surface area (Å²) in [4.78, 5) is 37.0. The number of rotatable bonds is 3. The molecule has 7 heteroatoms. The first-order valence-electron chi connectivity index (χ1n) is 7.39. The molecule has 0 radical (unpaired) electrons. The zero-order chi connectivity index (χ0) is 18.1. The summed E-state index contributed by atoms with van der Waals surface area (Å²) >= 11 is 5.89. The molecule has 6 nitrogen and oxygen atoms in total. The van der Waals surface area contributed by atoms with Crippen molar-refractivity contribution in [2.75, 3.05) is 14.2 Å². The van der Waals surface area contributed by atoms with Crippen molar-refractivity contribution < 1.29 is 29.0 Å². The number of ether oxygens (including phenoxy) is 2. The topological polar surface area (TPSA) is 89.9 Å². The van der Waals surface area contributed by atoms with Crippen LogP contribution in [0.1, 0.15) is 24.8 Å². The summed E-state index contributed by atoms with van der Waals surface area (Å²) in [5.41, 5.74) is -1.11. The number of hydrogen-bond acceptors (Lipinski definition) is 6. The molecule has 0 aromatic heterocycles. The molecular formula is C17H19ClO6. The van der Waals surface area contributed by atoms with E-state index in [1.807, 2.05) is 0 Å². The van der Waals surface area contributed by atoms with Crippen LogP contribution in [0.5, 0.6) is 0 Å². The molecule has 1 saturated carbocycles. The van der Waals surface area contributed by atoms with Crippen LogP contribution in [0, 0.1) is 11.8 Å². The van der Waals surface area contributed by atoms with Gasteiger partial charge >= 0.3 is 11.9 Å². The monoisotopic (exact) mass is 354 g/mol. The standard InChI is InChI=1S/C17H19ClO6/c1-17(22)8-11(19)13(15(20)23-2)12(14(17)16(21)24-3)9-4-6-10(18)7-5-9/h4-7,12-14,22H,8H2,1-3H3/t12-,13+,14-,17-/m1/s1. The summed E-state index contributed by atoms with van der Waals surface area (Å²) in [5.74, 6) is -5.11. The van der Waals surface area contributed by atoms with Crippen LogP contribution in [0.4, 0.5) is 0 Å². The van der Waals surface area contributed by atoms with E-state index in [4.69, 9.17) is 21.1 Å². The second-order valence-electron chi connectivity index (χ2n) is 6.08. The summed E-state index contributed by atoms with van der Waals surface area (Å²) in [5, 5.41) is 11.1. The number of halogens is 1. The van der Waals surface area contributed by atoms with Crippen LogP contribution in [0.3, 0.4) is 0 Å². The molecule has 0 saturated heterocycles. The first-order valence-corrected chi connectivity index (χ1v) is 7.77. The quantitative estimate of drug-likeness (QED) is 0.656. The van der Waals surface area contributed by atoms with Gasteiger partial charge in [0.2, 0.25) is 0 Å². The Hall–Kier alpha value is -1.92. The van der Waals surface area contributed by atoms with Crippen molar-refractivity contribution in [2.24, 2.45) is 11.8 Å². The van der Waals surface area contributed by atoms with Crippen LogP contribution in [0.15, 0.2) is 24.3 Å². The number of hydrogen-bond donors (Lipinski definition) is 1. The lowest BCUT2D eigenvalue weighted by molar-refractivity contribution is -0.170. The van der Waals surface area contributed by atoms with Crippen molar-refractivity contribution in [3.8, 4) is 0 Å². The molecule has 0 amide bonds. The minimum Gasteiger partial charge on any atom is -0.469 e. The molecule has 24 heavy (non-hydrogen) atoms. The molecule has 1 aliphatic rings. The maximum atomic E-state index is 12.5. The molecule has 1 aliphatic carbocycles. The number of carbonyl (C=O) groups is 3. The number of aliphatic hydroxyl groups is 1. The highest BCUT2D eigenvalue weighted by atomic mass is 35.5. The van der Waals surface area contributed by atoms with E-state index < -0.39 is 41.1 Å². The van der Waals surface area contributed by atoms with Gasteiger partial charge in [0, 0.05) is 17.4 Å². The molecule has 0 bridgehead atoms. The van der Waals surface area contributed by atoms with E-state index in [-0.39, 0.29) is 6.42 Å². The number of Topliss-reactive ketones (excluding diaryl/α,β-unsaturated/α-hetero) is 1. The highest BCUT2D eigenvalue weighted by molar-refractivity contribution is 6.30. The first-order chi connectivity index (χ1) is 11.2. The second kappa shape index (κ2) is 6.91. The minimum atomic E-state index is -1.64. The van der Waals surface area contributed by atoms with Crippen molar-refractivity contribution >= 4 is 29.3 Å². The summed E-state index contributed by atoms with van der Waals surface area (Å²) < 4.78 is 9.56. The maximum absolute atomic E-state index is 12.5. The Morgan fingerprint density at radius 3 is 2.21 bits per heavy atom. The van der Waals surface area contributed by atoms with E-state index >= 15 is 0 Å². The Kier molecular flexibility index (Phi) is 5.30. The number of carbonyl (C=O) groups excluding carboxylic acids is 3. The van der Waals surface area contributed by atoms with Crippen LogP contribution < -0.4 is 0 Å². The lowest BCUT2D eigenvalue weighted by Crippen LogP contribution is -2.55. The van der Waals surface area contributed by atoms with Gasteiger partial charge in [-0.2, -0.15) is 0 Å². The zero-order valence-electron chi connectivity index (χ0n) is 13.6. The van der Waals surface area contributed by atoms with E-state index in [9.17, 15) is 19.5 Å². The van der Waals surface area contributed by atoms with Gasteiger partial charge < -0.3 is 14.6 Å². The van der Waals surface area contributed by atoms with E-state index in [0.29, 0.717) is 10.6 Å². The highest BCUT2D eigenvalue weighted by Gasteiger charge is 2.56. The molecule has 130 valence electrons. The van der Waals surface area contributed by atoms with Crippen LogP contribution in [0.2, 0.25) is 5.02 Å². The molecule has 0 unspecified atom stereocenters. The molecule has 1 aromatic carbocycles. The molecule has 4 atom stereocenters. The Labute approximate surface area is 144 Å². The van der Waals surface area contributed by atoms with Gasteiger partial charge in [-0.1, -0.05) is 23.7 Å². The van der Waals surface area contributed by atoms with Crippen molar-refractivity contribution in [3.63, 3.8) is 0 Å². The largest absolute Gasteiger partial charge is 0.469 e. The van der Waals surface area contributed by atoms with Crippen LogP contribution in [-0.2, 0) is 23.9 Å². The van der Waals surface area contributed by atoms with Crippen LogP contribution >= 0.6 is 11.6 Å². The second-order valence-corrected chi connectivity index (χ2v) is 6.52. The van der Waals surface area contributed by atoms with E-state index in [2.05, 4.69) is 0 Å². The smallest absolute Gasteiger partial charge is 0.316 e. The maximum Gasteiger partial charge on any atom is 0.316 e. The van der Waals surface area contributed by atoms with Crippen molar-refractivity contribution in [1.29, 1.82) is 0 Å².